The van der Waals surface area contributed by atoms with Crippen LogP contribution in [0.1, 0.15) is 15.9 Å². The molecule has 94 valence electrons. The highest BCUT2D eigenvalue weighted by molar-refractivity contribution is 6.33. The van der Waals surface area contributed by atoms with Crippen molar-refractivity contribution in [1.82, 2.24) is 4.98 Å². The van der Waals surface area contributed by atoms with Crippen LogP contribution >= 0.6 is 11.6 Å². The first-order valence-electron chi connectivity index (χ1n) is 5.33. The zero-order chi connectivity index (χ0) is 13.8. The highest BCUT2D eigenvalue weighted by atomic mass is 35.5. The average molecular weight is 273 g/mol. The number of nitrogen functional groups attached to an aromatic ring is 1. The molecule has 6 heteroatoms. The summed E-state index contributed by atoms with van der Waals surface area (Å²) in [6, 6.07) is 10.1. The van der Waals surface area contributed by atoms with E-state index in [-0.39, 0.29) is 16.4 Å². The van der Waals surface area contributed by atoms with E-state index < -0.39 is 5.91 Å². The number of benzene rings is 1. The van der Waals surface area contributed by atoms with E-state index in [9.17, 15) is 4.79 Å². The van der Waals surface area contributed by atoms with Gasteiger partial charge in [0.1, 0.15) is 11.9 Å². The monoisotopic (exact) mass is 272 g/mol. The van der Waals surface area contributed by atoms with Crippen molar-refractivity contribution in [2.45, 2.75) is 0 Å². The Balaban J connectivity index is 2.26. The first-order chi connectivity index (χ1) is 9.11. The number of nitrogens with two attached hydrogens (primary N) is 1. The van der Waals surface area contributed by atoms with Crippen LogP contribution in [0.5, 0.6) is 0 Å². The van der Waals surface area contributed by atoms with E-state index in [1.807, 2.05) is 6.07 Å². The molecule has 0 atom stereocenters. The van der Waals surface area contributed by atoms with Crippen LogP contribution in [0, 0.1) is 11.3 Å². The molecular formula is C13H9ClN4O. The quantitative estimate of drug-likeness (QED) is 0.878. The van der Waals surface area contributed by atoms with E-state index in [0.717, 1.165) is 0 Å². The fourth-order valence-electron chi connectivity index (χ4n) is 1.46. The van der Waals surface area contributed by atoms with Crippen molar-refractivity contribution < 1.29 is 4.79 Å². The molecule has 0 aliphatic rings. The van der Waals surface area contributed by atoms with Gasteiger partial charge in [0.2, 0.25) is 0 Å². The van der Waals surface area contributed by atoms with Gasteiger partial charge in [-0.05, 0) is 18.2 Å². The number of amides is 1. The molecule has 2 rings (SSSR count). The van der Waals surface area contributed by atoms with Crippen LogP contribution in [-0.2, 0) is 0 Å². The molecule has 0 saturated carbocycles. The summed E-state index contributed by atoms with van der Waals surface area (Å²) < 4.78 is 0. The lowest BCUT2D eigenvalue weighted by Crippen LogP contribution is -2.13. The van der Waals surface area contributed by atoms with E-state index in [2.05, 4.69) is 10.3 Å². The van der Waals surface area contributed by atoms with Crippen molar-refractivity contribution in [3.63, 3.8) is 0 Å². The summed E-state index contributed by atoms with van der Waals surface area (Å²) in [4.78, 5) is 15.8. The van der Waals surface area contributed by atoms with Crippen LogP contribution in [0.2, 0.25) is 5.02 Å². The molecule has 2 aromatic rings. The fourth-order valence-corrected chi connectivity index (χ4v) is 1.62. The first kappa shape index (κ1) is 12.9. The van der Waals surface area contributed by atoms with Gasteiger partial charge in [-0.15, -0.1) is 0 Å². The molecule has 0 fully saturated rings. The second kappa shape index (κ2) is 5.38. The number of anilines is 2. The number of halogens is 1. The summed E-state index contributed by atoms with van der Waals surface area (Å²) >= 11 is 5.80. The number of carbonyl (C=O) groups is 1. The molecule has 19 heavy (non-hydrogen) atoms. The van der Waals surface area contributed by atoms with Gasteiger partial charge in [0, 0.05) is 6.20 Å². The maximum Gasteiger partial charge on any atom is 0.257 e. The highest BCUT2D eigenvalue weighted by Gasteiger charge is 2.10. The Labute approximate surface area is 114 Å². The number of hydrogen-bond donors (Lipinski definition) is 2. The van der Waals surface area contributed by atoms with Gasteiger partial charge in [-0.2, -0.15) is 5.26 Å². The Morgan fingerprint density at radius 1 is 1.42 bits per heavy atom. The third-order valence-corrected chi connectivity index (χ3v) is 2.73. The van der Waals surface area contributed by atoms with Crippen LogP contribution in [0.25, 0.3) is 0 Å². The number of carbonyl (C=O) groups excluding carboxylic acids is 1. The van der Waals surface area contributed by atoms with E-state index in [1.54, 1.807) is 24.3 Å². The van der Waals surface area contributed by atoms with Crippen LogP contribution in [-0.4, -0.2) is 10.9 Å². The summed E-state index contributed by atoms with van der Waals surface area (Å²) in [6.07, 6.45) is 1.32. The number of nitrogens with one attached hydrogen (secondary N) is 1. The van der Waals surface area contributed by atoms with Gasteiger partial charge in [0.15, 0.2) is 0 Å². The minimum absolute atomic E-state index is 0.163. The maximum absolute atomic E-state index is 12.0. The maximum atomic E-state index is 12.0. The Morgan fingerprint density at radius 3 is 2.84 bits per heavy atom. The van der Waals surface area contributed by atoms with Gasteiger partial charge in [0.05, 0.1) is 21.8 Å². The predicted octanol–water partition coefficient (Wildman–Crippen LogP) is 2.44. The summed E-state index contributed by atoms with van der Waals surface area (Å²) in [5.74, 6) is -0.243. The Morgan fingerprint density at radius 2 is 2.16 bits per heavy atom. The van der Waals surface area contributed by atoms with Crippen molar-refractivity contribution in [2.24, 2.45) is 0 Å². The van der Waals surface area contributed by atoms with Crippen LogP contribution in [0.4, 0.5) is 11.5 Å². The highest BCUT2D eigenvalue weighted by Crippen LogP contribution is 2.19. The number of nitriles is 1. The molecule has 0 saturated heterocycles. The topological polar surface area (TPSA) is 91.8 Å². The zero-order valence-corrected chi connectivity index (χ0v) is 10.5. The molecule has 3 N–H and O–H groups in total. The molecular weight excluding hydrogens is 264 g/mol. The molecule has 1 aromatic heterocycles. The molecule has 1 aromatic carbocycles. The molecule has 5 nitrogen and oxygen atoms in total. The molecule has 0 bridgehead atoms. The minimum atomic E-state index is -0.405. The van der Waals surface area contributed by atoms with Crippen LogP contribution in [0.3, 0.4) is 0 Å². The van der Waals surface area contributed by atoms with Gasteiger partial charge < -0.3 is 11.1 Å². The summed E-state index contributed by atoms with van der Waals surface area (Å²) in [6.45, 7) is 0. The van der Waals surface area contributed by atoms with Crippen molar-refractivity contribution >= 4 is 29.0 Å². The summed E-state index contributed by atoms with van der Waals surface area (Å²) in [5, 5.41) is 11.8. The smallest absolute Gasteiger partial charge is 0.257 e. The van der Waals surface area contributed by atoms with E-state index in [4.69, 9.17) is 22.6 Å². The third-order valence-electron chi connectivity index (χ3n) is 2.43. The normalized spacial score (nSPS) is 9.68. The number of hydrogen-bond acceptors (Lipinski definition) is 4. The number of pyridine rings is 1. The predicted molar refractivity (Wildman–Crippen MR) is 72.8 cm³/mol. The Hall–Kier alpha value is -2.58. The summed E-state index contributed by atoms with van der Waals surface area (Å²) in [5.41, 5.74) is 6.55. The van der Waals surface area contributed by atoms with Gasteiger partial charge in [0.25, 0.3) is 5.91 Å². The summed E-state index contributed by atoms with van der Waals surface area (Å²) in [7, 11) is 0. The largest absolute Gasteiger partial charge is 0.382 e. The number of para-hydroxylation sites is 1. The van der Waals surface area contributed by atoms with Gasteiger partial charge >= 0.3 is 0 Å². The fraction of sp³-hybridized carbons (Fsp3) is 0. The third kappa shape index (κ3) is 2.81. The van der Waals surface area contributed by atoms with Crippen molar-refractivity contribution in [3.8, 4) is 6.07 Å². The van der Waals surface area contributed by atoms with Gasteiger partial charge in [-0.25, -0.2) is 4.98 Å². The lowest BCUT2D eigenvalue weighted by Gasteiger charge is -2.07. The average Bonchev–Trinajstić information content (AvgIpc) is 2.42. The standard InChI is InChI=1S/C13H9ClN4O/c14-10-5-9(7-17-12(10)16)13(19)18-11-4-2-1-3-8(11)6-15/h1-5,7H,(H2,16,17)(H,18,19). The SMILES string of the molecule is N#Cc1ccccc1NC(=O)c1cnc(N)c(Cl)c1. The molecule has 0 aliphatic heterocycles. The lowest BCUT2D eigenvalue weighted by molar-refractivity contribution is 0.102. The zero-order valence-electron chi connectivity index (χ0n) is 9.72. The van der Waals surface area contributed by atoms with E-state index in [0.29, 0.717) is 11.3 Å². The molecule has 0 radical (unpaired) electrons. The van der Waals surface area contributed by atoms with Crippen molar-refractivity contribution in [1.29, 1.82) is 5.26 Å². The molecule has 0 aliphatic carbocycles. The van der Waals surface area contributed by atoms with Crippen LogP contribution in [0.15, 0.2) is 36.5 Å². The second-order valence-electron chi connectivity index (χ2n) is 3.70. The molecule has 1 heterocycles. The minimum Gasteiger partial charge on any atom is -0.382 e. The molecule has 1 amide bonds. The number of rotatable bonds is 2. The molecule has 0 spiro atoms. The van der Waals surface area contributed by atoms with Crippen molar-refractivity contribution in [2.75, 3.05) is 11.1 Å². The first-order valence-corrected chi connectivity index (χ1v) is 5.71. The Kier molecular flexibility index (Phi) is 3.64. The van der Waals surface area contributed by atoms with Gasteiger partial charge in [-0.3, -0.25) is 4.79 Å². The number of nitrogens with zero attached hydrogens (tertiary/aromatic N) is 2. The second-order valence-corrected chi connectivity index (χ2v) is 4.11. The van der Waals surface area contributed by atoms with Crippen LogP contribution < -0.4 is 11.1 Å². The number of aromatic nitrogens is 1. The van der Waals surface area contributed by atoms with Gasteiger partial charge in [-0.1, -0.05) is 23.7 Å². The molecule has 0 unspecified atom stereocenters. The Bertz CT molecular complexity index is 679. The van der Waals surface area contributed by atoms with E-state index >= 15 is 0 Å². The lowest BCUT2D eigenvalue weighted by atomic mass is 10.2. The van der Waals surface area contributed by atoms with Crippen molar-refractivity contribution in [3.05, 3.63) is 52.7 Å². The van der Waals surface area contributed by atoms with E-state index in [1.165, 1.54) is 12.3 Å².